The third kappa shape index (κ3) is 4.71. The van der Waals surface area contributed by atoms with E-state index in [-0.39, 0.29) is 0 Å². The van der Waals surface area contributed by atoms with Crippen LogP contribution in [-0.2, 0) is 5.41 Å². The van der Waals surface area contributed by atoms with E-state index >= 15 is 0 Å². The van der Waals surface area contributed by atoms with Crippen LogP contribution < -0.4 is 0 Å². The van der Waals surface area contributed by atoms with Crippen molar-refractivity contribution in [2.75, 3.05) is 0 Å². The molecule has 0 amide bonds. The Morgan fingerprint density at radius 3 is 1.10 bits per heavy atom. The lowest BCUT2D eigenvalue weighted by Gasteiger charge is -2.34. The fourth-order valence-electron chi connectivity index (χ4n) is 12.7. The van der Waals surface area contributed by atoms with Gasteiger partial charge in [0.05, 0.1) is 27.5 Å². The van der Waals surface area contributed by atoms with Crippen molar-refractivity contribution in [1.29, 1.82) is 0 Å². The number of hydrogen-bond acceptors (Lipinski definition) is 3. The van der Waals surface area contributed by atoms with Crippen molar-refractivity contribution in [2.24, 2.45) is 0 Å². The third-order valence-corrected chi connectivity index (χ3v) is 15.4. The van der Waals surface area contributed by atoms with Crippen LogP contribution in [0.4, 0.5) is 0 Å². The summed E-state index contributed by atoms with van der Waals surface area (Å²) in [4.78, 5) is 16.8. The number of aromatic nitrogens is 5. The Hall–Kier alpha value is -9.19. The highest BCUT2D eigenvalue weighted by atomic mass is 15.3. The van der Waals surface area contributed by atoms with Crippen LogP contribution in [0.25, 0.3) is 121 Å². The van der Waals surface area contributed by atoms with Gasteiger partial charge in [-0.15, -0.1) is 0 Å². The first-order chi connectivity index (χ1) is 34.3. The van der Waals surface area contributed by atoms with Crippen molar-refractivity contribution in [3.63, 3.8) is 0 Å². The SMILES string of the molecule is c1ccc(C2(c3cccc(-c4nc(-n5c6cccc7c8ccccc8c8cccc5c8c76)nc(-n5c6cccc7c8ccccc8c8cccc5c8c76)n4)c3)c3ccccc3-c3ccccc32)cc1. The van der Waals surface area contributed by atoms with Gasteiger partial charge in [0, 0.05) is 27.1 Å². The standard InChI is InChI=1S/C64H37N5/c1-2-18-39(19-3-1)64(51-31-10-8-25-45(51)46-26-9-11-32-52(46)64)40-20-12-17-38(37-40)61-65-62(68-53-33-13-27-47-41-21-4-5-22-42(41)48-28-14-34-54(68)58(48)57(47)53)67-63(66-61)69-55-35-15-29-49-43-23-6-7-24-44(43)50-30-16-36-56(69)60(50)59(49)55/h1-37H. The molecule has 5 nitrogen and oxygen atoms in total. The Labute approximate surface area is 395 Å². The van der Waals surface area contributed by atoms with E-state index in [2.05, 4.69) is 234 Å². The Balaban J connectivity index is 1.03. The number of rotatable bonds is 5. The third-order valence-electron chi connectivity index (χ3n) is 15.4. The minimum Gasteiger partial charge on any atom is -0.278 e. The molecule has 0 fully saturated rings. The molecular formula is C64H37N5. The summed E-state index contributed by atoms with van der Waals surface area (Å²) in [6, 6.07) is 81.8. The second-order valence-electron chi connectivity index (χ2n) is 18.6. The van der Waals surface area contributed by atoms with Gasteiger partial charge in [0.25, 0.3) is 0 Å². The lowest BCUT2D eigenvalue weighted by Crippen LogP contribution is -2.28. The van der Waals surface area contributed by atoms with E-state index in [0.717, 1.165) is 33.2 Å². The first-order valence-corrected chi connectivity index (χ1v) is 23.7. The van der Waals surface area contributed by atoms with Gasteiger partial charge in [0.1, 0.15) is 0 Å². The highest BCUT2D eigenvalue weighted by Gasteiger charge is 2.46. The van der Waals surface area contributed by atoms with Gasteiger partial charge in [0.15, 0.2) is 5.82 Å². The number of nitrogens with zero attached hydrogens (tertiary/aromatic N) is 5. The first kappa shape index (κ1) is 37.0. The van der Waals surface area contributed by atoms with Gasteiger partial charge in [-0.25, -0.2) is 0 Å². The summed E-state index contributed by atoms with van der Waals surface area (Å²) in [5.41, 5.74) is 11.9. The predicted molar refractivity (Wildman–Crippen MR) is 284 cm³/mol. The molecule has 3 heterocycles. The molecule has 0 bridgehead atoms. The molecule has 0 radical (unpaired) electrons. The average molecular weight is 876 g/mol. The maximum absolute atomic E-state index is 5.63. The number of fused-ring (bicyclic) bond motifs is 9. The summed E-state index contributed by atoms with van der Waals surface area (Å²) in [5.74, 6) is 1.73. The smallest absolute Gasteiger partial charge is 0.240 e. The minimum absolute atomic E-state index is 0.565. The molecule has 0 unspecified atom stereocenters. The fourth-order valence-corrected chi connectivity index (χ4v) is 12.7. The Kier molecular flexibility index (Phi) is 7.21. The van der Waals surface area contributed by atoms with Crippen molar-refractivity contribution in [1.82, 2.24) is 24.1 Å². The van der Waals surface area contributed by atoms with Crippen LogP contribution in [0.2, 0.25) is 0 Å². The van der Waals surface area contributed by atoms with Crippen LogP contribution >= 0.6 is 0 Å². The van der Waals surface area contributed by atoms with Crippen molar-refractivity contribution in [2.45, 2.75) is 5.41 Å². The summed E-state index contributed by atoms with van der Waals surface area (Å²) < 4.78 is 4.55. The molecule has 5 heteroatoms. The Morgan fingerprint density at radius 2 is 0.652 bits per heavy atom. The number of benzene rings is 12. The molecule has 0 N–H and O–H groups in total. The van der Waals surface area contributed by atoms with Gasteiger partial charge in [0.2, 0.25) is 11.9 Å². The van der Waals surface area contributed by atoms with Crippen molar-refractivity contribution >= 4 is 86.7 Å². The maximum Gasteiger partial charge on any atom is 0.240 e. The predicted octanol–water partition coefficient (Wildman–Crippen LogP) is 15.6. The summed E-state index contributed by atoms with van der Waals surface area (Å²) >= 11 is 0. The summed E-state index contributed by atoms with van der Waals surface area (Å²) in [5, 5.41) is 14.7. The molecule has 0 saturated carbocycles. The van der Waals surface area contributed by atoms with Crippen molar-refractivity contribution in [3.05, 3.63) is 247 Å². The lowest BCUT2D eigenvalue weighted by atomic mass is 9.67. The van der Waals surface area contributed by atoms with Crippen LogP contribution in [0.3, 0.4) is 0 Å². The van der Waals surface area contributed by atoms with Gasteiger partial charge in [-0.1, -0.05) is 194 Å². The zero-order valence-corrected chi connectivity index (χ0v) is 37.1. The zero-order chi connectivity index (χ0) is 45.0. The Morgan fingerprint density at radius 1 is 0.290 bits per heavy atom. The van der Waals surface area contributed by atoms with Crippen LogP contribution in [0.5, 0.6) is 0 Å². The molecule has 15 aromatic rings. The summed E-state index contributed by atoms with van der Waals surface area (Å²) in [7, 11) is 0. The highest BCUT2D eigenvalue weighted by Crippen LogP contribution is 2.56. The molecule has 16 rings (SSSR count). The van der Waals surface area contributed by atoms with Crippen LogP contribution in [0.1, 0.15) is 22.3 Å². The second kappa shape index (κ2) is 13.5. The largest absolute Gasteiger partial charge is 0.278 e. The van der Waals surface area contributed by atoms with E-state index in [0.29, 0.717) is 17.7 Å². The Bertz CT molecular complexity index is 4200. The molecule has 0 atom stereocenters. The van der Waals surface area contributed by atoms with Crippen LogP contribution in [0.15, 0.2) is 224 Å². The van der Waals surface area contributed by atoms with E-state index in [4.69, 9.17) is 15.0 Å². The molecule has 1 aliphatic carbocycles. The van der Waals surface area contributed by atoms with Gasteiger partial charge in [-0.3, -0.25) is 9.13 Å². The quantitative estimate of drug-likeness (QED) is 0.162. The minimum atomic E-state index is -0.586. The molecule has 0 saturated heterocycles. The molecular weight excluding hydrogens is 839 g/mol. The second-order valence-corrected chi connectivity index (χ2v) is 18.6. The van der Waals surface area contributed by atoms with Crippen molar-refractivity contribution < 1.29 is 0 Å². The highest BCUT2D eigenvalue weighted by molar-refractivity contribution is 6.35. The van der Waals surface area contributed by atoms with Gasteiger partial charge < -0.3 is 0 Å². The average Bonchev–Trinajstić information content (AvgIpc) is 4.06. The molecule has 1 aliphatic rings. The van der Waals surface area contributed by atoms with E-state index < -0.39 is 5.41 Å². The topological polar surface area (TPSA) is 48.5 Å². The van der Waals surface area contributed by atoms with E-state index in [1.807, 2.05) is 0 Å². The zero-order valence-electron chi connectivity index (χ0n) is 37.1. The molecule has 12 aromatic carbocycles. The summed E-state index contributed by atoms with van der Waals surface area (Å²) in [6.45, 7) is 0. The van der Waals surface area contributed by atoms with Crippen LogP contribution in [-0.4, -0.2) is 24.1 Å². The first-order valence-electron chi connectivity index (χ1n) is 23.7. The molecule has 318 valence electrons. The van der Waals surface area contributed by atoms with Crippen molar-refractivity contribution in [3.8, 4) is 34.4 Å². The number of hydrogen-bond donors (Lipinski definition) is 0. The van der Waals surface area contributed by atoms with E-state index in [1.165, 1.54) is 92.5 Å². The monoisotopic (exact) mass is 875 g/mol. The van der Waals surface area contributed by atoms with Crippen LogP contribution in [0, 0.1) is 0 Å². The molecule has 69 heavy (non-hydrogen) atoms. The molecule has 0 spiro atoms. The molecule has 3 aromatic heterocycles. The normalized spacial score (nSPS) is 13.3. The van der Waals surface area contributed by atoms with Gasteiger partial charge in [-0.05, 0) is 107 Å². The molecule has 0 aliphatic heterocycles. The van der Waals surface area contributed by atoms with E-state index in [9.17, 15) is 0 Å². The fraction of sp³-hybridized carbons (Fsp3) is 0.0156. The maximum atomic E-state index is 5.63. The van der Waals surface area contributed by atoms with Gasteiger partial charge in [-0.2, -0.15) is 15.0 Å². The van der Waals surface area contributed by atoms with E-state index in [1.54, 1.807) is 0 Å². The lowest BCUT2D eigenvalue weighted by molar-refractivity contribution is 0.768. The van der Waals surface area contributed by atoms with Gasteiger partial charge >= 0.3 is 0 Å². The summed E-state index contributed by atoms with van der Waals surface area (Å²) in [6.07, 6.45) is 0.